The Bertz CT molecular complexity index is 814. The maximum absolute atomic E-state index is 12.8. The van der Waals surface area contributed by atoms with Gasteiger partial charge in [-0.1, -0.05) is 60.7 Å². The molecule has 0 aliphatic carbocycles. The molecule has 1 aliphatic heterocycles. The van der Waals surface area contributed by atoms with Crippen LogP contribution < -0.4 is 0 Å². The number of hydrogen-bond acceptors (Lipinski definition) is 4. The fourth-order valence-corrected chi connectivity index (χ4v) is 3.59. The highest BCUT2D eigenvalue weighted by atomic mass is 16.6. The molecule has 0 saturated carbocycles. The number of amides is 1. The van der Waals surface area contributed by atoms with Crippen molar-refractivity contribution in [2.24, 2.45) is 5.92 Å². The minimum atomic E-state index is -0.623. The molecule has 0 spiro atoms. The highest BCUT2D eigenvalue weighted by Gasteiger charge is 2.42. The lowest BCUT2D eigenvalue weighted by Gasteiger charge is -2.27. The van der Waals surface area contributed by atoms with E-state index in [4.69, 9.17) is 9.47 Å². The van der Waals surface area contributed by atoms with E-state index < -0.39 is 17.7 Å². The molecule has 29 heavy (non-hydrogen) atoms. The van der Waals surface area contributed by atoms with Gasteiger partial charge in [0.2, 0.25) is 0 Å². The monoisotopic (exact) mass is 395 g/mol. The Hall–Kier alpha value is -2.82. The van der Waals surface area contributed by atoms with Crippen molar-refractivity contribution in [2.75, 3.05) is 6.54 Å². The van der Waals surface area contributed by atoms with Crippen LogP contribution in [-0.2, 0) is 27.3 Å². The molecule has 0 N–H and O–H groups in total. The fourth-order valence-electron chi connectivity index (χ4n) is 3.59. The molecule has 154 valence electrons. The third-order valence-electron chi connectivity index (χ3n) is 4.88. The Labute approximate surface area is 172 Å². The molecule has 0 aromatic heterocycles. The molecule has 1 fully saturated rings. The van der Waals surface area contributed by atoms with Crippen LogP contribution >= 0.6 is 0 Å². The number of nitrogens with zero attached hydrogens (tertiary/aromatic N) is 1. The number of benzene rings is 2. The van der Waals surface area contributed by atoms with Gasteiger partial charge >= 0.3 is 12.1 Å². The Kier molecular flexibility index (Phi) is 6.57. The Morgan fingerprint density at radius 3 is 2.14 bits per heavy atom. The zero-order chi connectivity index (χ0) is 20.9. The van der Waals surface area contributed by atoms with E-state index in [1.807, 2.05) is 69.3 Å². The van der Waals surface area contributed by atoms with Crippen LogP contribution in [0.15, 0.2) is 60.7 Å². The third-order valence-corrected chi connectivity index (χ3v) is 4.88. The van der Waals surface area contributed by atoms with Crippen molar-refractivity contribution in [2.45, 2.75) is 51.9 Å². The van der Waals surface area contributed by atoms with Gasteiger partial charge in [0, 0.05) is 6.54 Å². The summed E-state index contributed by atoms with van der Waals surface area (Å²) in [6.07, 6.45) is 0.916. The van der Waals surface area contributed by atoms with Crippen molar-refractivity contribution in [3.63, 3.8) is 0 Å². The summed E-state index contributed by atoms with van der Waals surface area (Å²) in [5.41, 5.74) is 1.50. The van der Waals surface area contributed by atoms with Gasteiger partial charge in [-0.2, -0.15) is 0 Å². The zero-order valence-electron chi connectivity index (χ0n) is 17.3. The topological polar surface area (TPSA) is 55.8 Å². The maximum Gasteiger partial charge on any atom is 0.411 e. The summed E-state index contributed by atoms with van der Waals surface area (Å²) < 4.78 is 11.1. The van der Waals surface area contributed by atoms with Crippen LogP contribution in [0.1, 0.15) is 38.3 Å². The zero-order valence-corrected chi connectivity index (χ0v) is 17.3. The van der Waals surface area contributed by atoms with Crippen molar-refractivity contribution in [1.82, 2.24) is 4.90 Å². The summed E-state index contributed by atoms with van der Waals surface area (Å²) in [6, 6.07) is 19.0. The van der Waals surface area contributed by atoms with Gasteiger partial charge in [0.05, 0.1) is 0 Å². The van der Waals surface area contributed by atoms with E-state index in [0.29, 0.717) is 13.0 Å². The average molecular weight is 395 g/mol. The predicted molar refractivity (Wildman–Crippen MR) is 111 cm³/mol. The molecule has 5 heteroatoms. The number of likely N-dealkylation sites (tertiary alicyclic amines) is 1. The molecule has 5 nitrogen and oxygen atoms in total. The molecule has 2 aromatic rings. The number of esters is 1. The summed E-state index contributed by atoms with van der Waals surface area (Å²) in [6.45, 7) is 6.15. The highest BCUT2D eigenvalue weighted by Crippen LogP contribution is 2.29. The van der Waals surface area contributed by atoms with Crippen LogP contribution in [0, 0.1) is 5.92 Å². The van der Waals surface area contributed by atoms with E-state index in [9.17, 15) is 9.59 Å². The molecule has 1 amide bonds. The van der Waals surface area contributed by atoms with Gasteiger partial charge in [0.25, 0.3) is 0 Å². The van der Waals surface area contributed by atoms with E-state index in [1.54, 1.807) is 0 Å². The molecule has 3 rings (SSSR count). The molecule has 0 bridgehead atoms. The normalized spacial score (nSPS) is 19.1. The van der Waals surface area contributed by atoms with Crippen LogP contribution in [0.4, 0.5) is 4.79 Å². The predicted octanol–water partition coefficient (Wildman–Crippen LogP) is 4.60. The van der Waals surface area contributed by atoms with Crippen molar-refractivity contribution < 1.29 is 19.1 Å². The number of hydrogen-bond donors (Lipinski definition) is 0. The second-order valence-electron chi connectivity index (χ2n) is 8.53. The second kappa shape index (κ2) is 9.12. The summed E-state index contributed by atoms with van der Waals surface area (Å²) in [5, 5.41) is 0. The molecule has 0 radical (unpaired) electrons. The minimum Gasteiger partial charge on any atom is -0.459 e. The van der Waals surface area contributed by atoms with Gasteiger partial charge < -0.3 is 9.47 Å². The van der Waals surface area contributed by atoms with Gasteiger partial charge in [-0.05, 0) is 50.7 Å². The van der Waals surface area contributed by atoms with Crippen molar-refractivity contribution in [3.8, 4) is 0 Å². The highest BCUT2D eigenvalue weighted by molar-refractivity contribution is 5.82. The lowest BCUT2D eigenvalue weighted by atomic mass is 9.97. The first-order valence-electron chi connectivity index (χ1n) is 10.1. The molecular weight excluding hydrogens is 366 g/mol. The number of carbonyl (C=O) groups is 2. The average Bonchev–Trinajstić information content (AvgIpc) is 3.10. The molecule has 0 unspecified atom stereocenters. The Morgan fingerprint density at radius 1 is 0.966 bits per heavy atom. The standard InChI is InChI=1S/C24H29NO4/c1-24(2,3)29-23(27)25-16-20(14-18-10-6-4-7-11-18)15-21(25)22(26)28-17-19-12-8-5-9-13-19/h4-13,20-21H,14-17H2,1-3H3/t20-,21+/m1/s1. The largest absolute Gasteiger partial charge is 0.459 e. The lowest BCUT2D eigenvalue weighted by molar-refractivity contribution is -0.150. The first-order chi connectivity index (χ1) is 13.8. The van der Waals surface area contributed by atoms with Gasteiger partial charge in [0.1, 0.15) is 18.2 Å². The molecule has 2 aromatic carbocycles. The quantitative estimate of drug-likeness (QED) is 0.695. The van der Waals surface area contributed by atoms with E-state index in [-0.39, 0.29) is 18.5 Å². The third kappa shape index (κ3) is 6.08. The van der Waals surface area contributed by atoms with E-state index >= 15 is 0 Å². The van der Waals surface area contributed by atoms with Gasteiger partial charge in [-0.3, -0.25) is 4.90 Å². The summed E-state index contributed by atoms with van der Waals surface area (Å²) in [5.74, 6) is -0.200. The Morgan fingerprint density at radius 2 is 1.55 bits per heavy atom. The SMILES string of the molecule is CC(C)(C)OC(=O)N1C[C@H](Cc2ccccc2)C[C@H]1C(=O)OCc1ccccc1. The Balaban J connectivity index is 1.69. The van der Waals surface area contributed by atoms with Gasteiger partial charge in [-0.25, -0.2) is 9.59 Å². The van der Waals surface area contributed by atoms with Crippen molar-refractivity contribution in [3.05, 3.63) is 71.8 Å². The smallest absolute Gasteiger partial charge is 0.411 e. The number of ether oxygens (including phenoxy) is 2. The fraction of sp³-hybridized carbons (Fsp3) is 0.417. The summed E-state index contributed by atoms with van der Waals surface area (Å²) >= 11 is 0. The van der Waals surface area contributed by atoms with E-state index in [1.165, 1.54) is 10.5 Å². The van der Waals surface area contributed by atoms with Crippen molar-refractivity contribution in [1.29, 1.82) is 0 Å². The second-order valence-corrected chi connectivity index (χ2v) is 8.53. The molecule has 1 aliphatic rings. The summed E-state index contributed by atoms with van der Waals surface area (Å²) in [7, 11) is 0. The van der Waals surface area contributed by atoms with Crippen LogP contribution in [0.3, 0.4) is 0 Å². The minimum absolute atomic E-state index is 0.180. The number of carbonyl (C=O) groups excluding carboxylic acids is 2. The molecule has 1 heterocycles. The van der Waals surface area contributed by atoms with Gasteiger partial charge in [0.15, 0.2) is 0 Å². The molecular formula is C24H29NO4. The first-order valence-corrected chi connectivity index (χ1v) is 10.1. The van der Waals surface area contributed by atoms with Crippen molar-refractivity contribution >= 4 is 12.1 Å². The first kappa shape index (κ1) is 20.9. The van der Waals surface area contributed by atoms with Crippen LogP contribution in [0.2, 0.25) is 0 Å². The van der Waals surface area contributed by atoms with Crippen LogP contribution in [-0.4, -0.2) is 35.2 Å². The number of rotatable bonds is 5. The maximum atomic E-state index is 12.8. The van der Waals surface area contributed by atoms with E-state index in [2.05, 4.69) is 12.1 Å². The lowest BCUT2D eigenvalue weighted by Crippen LogP contribution is -2.44. The summed E-state index contributed by atoms with van der Waals surface area (Å²) in [4.78, 5) is 27.1. The molecule has 1 saturated heterocycles. The molecule has 2 atom stereocenters. The van der Waals surface area contributed by atoms with E-state index in [0.717, 1.165) is 12.0 Å². The van der Waals surface area contributed by atoms with Gasteiger partial charge in [-0.15, -0.1) is 0 Å². The van der Waals surface area contributed by atoms with Crippen LogP contribution in [0.25, 0.3) is 0 Å². The van der Waals surface area contributed by atoms with Crippen LogP contribution in [0.5, 0.6) is 0 Å².